The van der Waals surface area contributed by atoms with Crippen molar-refractivity contribution in [2.45, 2.75) is 24.9 Å². The van der Waals surface area contributed by atoms with E-state index in [-0.39, 0.29) is 10.5 Å². The minimum Gasteiger partial charge on any atom is -0.267 e. The number of benzene rings is 2. The van der Waals surface area contributed by atoms with Crippen LogP contribution in [-0.4, -0.2) is 37.9 Å². The van der Waals surface area contributed by atoms with E-state index in [1.54, 1.807) is 13.8 Å². The maximum Gasteiger partial charge on any atom is 0.416 e. The predicted octanol–water partition coefficient (Wildman–Crippen LogP) is 3.50. The minimum absolute atomic E-state index is 0.0134. The summed E-state index contributed by atoms with van der Waals surface area (Å²) < 4.78 is 64.0. The molecular formula is C19H20F3N3O3S. The molecule has 0 atom stereocenters. The summed E-state index contributed by atoms with van der Waals surface area (Å²) in [6.45, 7) is 4.03. The third-order valence-electron chi connectivity index (χ3n) is 4.06. The van der Waals surface area contributed by atoms with Crippen LogP contribution in [0, 0.1) is 0 Å². The number of sulfonamides is 1. The number of carbonyl (C=O) groups excluding carboxylic acids is 1. The second-order valence-electron chi connectivity index (χ2n) is 5.94. The van der Waals surface area contributed by atoms with Crippen molar-refractivity contribution in [3.05, 3.63) is 65.2 Å². The molecule has 29 heavy (non-hydrogen) atoms. The summed E-state index contributed by atoms with van der Waals surface area (Å²) in [5, 5.41) is 3.70. The smallest absolute Gasteiger partial charge is 0.267 e. The van der Waals surface area contributed by atoms with E-state index in [1.807, 2.05) is 0 Å². The topological polar surface area (TPSA) is 78.8 Å². The van der Waals surface area contributed by atoms with Gasteiger partial charge in [-0.2, -0.15) is 22.6 Å². The molecule has 0 saturated carbocycles. The molecule has 10 heteroatoms. The van der Waals surface area contributed by atoms with Crippen LogP contribution in [0.25, 0.3) is 0 Å². The highest BCUT2D eigenvalue weighted by molar-refractivity contribution is 7.89. The van der Waals surface area contributed by atoms with E-state index in [9.17, 15) is 26.4 Å². The van der Waals surface area contributed by atoms with Crippen LogP contribution in [0.1, 0.15) is 35.3 Å². The Labute approximate surface area is 167 Å². The third-order valence-corrected chi connectivity index (χ3v) is 6.10. The monoisotopic (exact) mass is 427 g/mol. The zero-order valence-corrected chi connectivity index (χ0v) is 16.6. The summed E-state index contributed by atoms with van der Waals surface area (Å²) in [6.07, 6.45) is -3.24. The Morgan fingerprint density at radius 1 is 1.10 bits per heavy atom. The lowest BCUT2D eigenvalue weighted by molar-refractivity contribution is -0.137. The molecule has 6 nitrogen and oxygen atoms in total. The van der Waals surface area contributed by atoms with Gasteiger partial charge in [0.25, 0.3) is 5.91 Å². The van der Waals surface area contributed by atoms with Gasteiger partial charge < -0.3 is 0 Å². The van der Waals surface area contributed by atoms with Gasteiger partial charge in [0.2, 0.25) is 10.0 Å². The SMILES string of the molecule is CCN(CC)S(=O)(=O)c1cccc(C(=O)N/N=C/c2ccc(C(F)(F)F)cc2)c1. The molecule has 2 rings (SSSR count). The molecule has 0 aromatic heterocycles. The van der Waals surface area contributed by atoms with E-state index >= 15 is 0 Å². The largest absolute Gasteiger partial charge is 0.416 e. The van der Waals surface area contributed by atoms with Gasteiger partial charge in [0, 0.05) is 18.7 Å². The number of nitrogens with one attached hydrogen (secondary N) is 1. The molecule has 0 fully saturated rings. The van der Waals surface area contributed by atoms with Crippen molar-refractivity contribution in [2.24, 2.45) is 5.10 Å². The van der Waals surface area contributed by atoms with Gasteiger partial charge >= 0.3 is 6.18 Å². The number of halogens is 3. The van der Waals surface area contributed by atoms with Crippen LogP contribution < -0.4 is 5.43 Å². The third kappa shape index (κ3) is 5.64. The maximum absolute atomic E-state index is 12.6. The summed E-state index contributed by atoms with van der Waals surface area (Å²) in [7, 11) is -3.71. The van der Waals surface area contributed by atoms with Gasteiger partial charge in [0.05, 0.1) is 16.7 Å². The zero-order valence-electron chi connectivity index (χ0n) is 15.8. The number of hydrogen-bond acceptors (Lipinski definition) is 4. The quantitative estimate of drug-likeness (QED) is 0.543. The molecule has 2 aromatic rings. The summed E-state index contributed by atoms with van der Waals surface area (Å²) in [6, 6.07) is 9.78. The second-order valence-corrected chi connectivity index (χ2v) is 7.87. The van der Waals surface area contributed by atoms with Gasteiger partial charge in [-0.05, 0) is 35.9 Å². The number of nitrogens with zero attached hydrogens (tertiary/aromatic N) is 2. The summed E-state index contributed by atoms with van der Waals surface area (Å²) in [5.74, 6) is -0.648. The Hall–Kier alpha value is -2.72. The molecule has 2 aromatic carbocycles. The molecule has 0 radical (unpaired) electrons. The Kier molecular flexibility index (Phi) is 7.15. The van der Waals surface area contributed by atoms with Crippen molar-refractivity contribution in [3.63, 3.8) is 0 Å². The number of carbonyl (C=O) groups is 1. The molecule has 0 spiro atoms. The first-order chi connectivity index (χ1) is 13.6. The van der Waals surface area contributed by atoms with Gasteiger partial charge in [-0.1, -0.05) is 32.0 Å². The van der Waals surface area contributed by atoms with E-state index in [1.165, 1.54) is 46.9 Å². The van der Waals surface area contributed by atoms with E-state index in [2.05, 4.69) is 10.5 Å². The Bertz CT molecular complexity index is 984. The second kappa shape index (κ2) is 9.19. The lowest BCUT2D eigenvalue weighted by Gasteiger charge is -2.18. The van der Waals surface area contributed by atoms with E-state index in [0.29, 0.717) is 18.7 Å². The first-order valence-corrected chi connectivity index (χ1v) is 10.1. The molecule has 0 unspecified atom stereocenters. The summed E-state index contributed by atoms with van der Waals surface area (Å²) in [4.78, 5) is 12.2. The van der Waals surface area contributed by atoms with Crippen molar-refractivity contribution < 1.29 is 26.4 Å². The fourth-order valence-corrected chi connectivity index (χ4v) is 4.00. The van der Waals surface area contributed by atoms with Crippen molar-refractivity contribution in [2.75, 3.05) is 13.1 Å². The normalized spacial score (nSPS) is 12.5. The fourth-order valence-electron chi connectivity index (χ4n) is 2.50. The number of hydrogen-bond donors (Lipinski definition) is 1. The molecule has 0 aliphatic heterocycles. The van der Waals surface area contributed by atoms with Crippen LogP contribution in [0.2, 0.25) is 0 Å². The standard InChI is InChI=1S/C19H20F3N3O3S/c1-3-25(4-2)29(27,28)17-7-5-6-15(12-17)18(26)24-23-13-14-8-10-16(11-9-14)19(20,21)22/h5-13H,3-4H2,1-2H3,(H,24,26)/b23-13+. The fraction of sp³-hybridized carbons (Fsp3) is 0.263. The van der Waals surface area contributed by atoms with Gasteiger partial charge in [0.15, 0.2) is 0 Å². The van der Waals surface area contributed by atoms with Gasteiger partial charge in [0.1, 0.15) is 0 Å². The first kappa shape index (κ1) is 22.6. The zero-order chi connectivity index (χ0) is 21.7. The number of rotatable bonds is 7. The van der Waals surface area contributed by atoms with Gasteiger partial charge in [-0.25, -0.2) is 13.8 Å². The highest BCUT2D eigenvalue weighted by Gasteiger charge is 2.29. The van der Waals surface area contributed by atoms with Crippen molar-refractivity contribution >= 4 is 22.1 Å². The van der Waals surface area contributed by atoms with Crippen LogP contribution in [0.5, 0.6) is 0 Å². The van der Waals surface area contributed by atoms with E-state index < -0.39 is 27.7 Å². The highest BCUT2D eigenvalue weighted by atomic mass is 32.2. The van der Waals surface area contributed by atoms with Crippen LogP contribution in [0.15, 0.2) is 58.5 Å². The average molecular weight is 427 g/mol. The van der Waals surface area contributed by atoms with Crippen LogP contribution in [-0.2, 0) is 16.2 Å². The molecule has 0 aliphatic carbocycles. The number of alkyl halides is 3. The Balaban J connectivity index is 2.11. The lowest BCUT2D eigenvalue weighted by Crippen LogP contribution is -2.30. The Morgan fingerprint density at radius 2 is 1.72 bits per heavy atom. The number of hydrazone groups is 1. The minimum atomic E-state index is -4.43. The molecule has 156 valence electrons. The van der Waals surface area contributed by atoms with Gasteiger partial charge in [-0.15, -0.1) is 0 Å². The number of amides is 1. The molecule has 1 amide bonds. The lowest BCUT2D eigenvalue weighted by atomic mass is 10.1. The molecule has 0 bridgehead atoms. The molecular weight excluding hydrogens is 407 g/mol. The summed E-state index contributed by atoms with van der Waals surface area (Å²) >= 11 is 0. The van der Waals surface area contributed by atoms with Crippen molar-refractivity contribution in [1.29, 1.82) is 0 Å². The highest BCUT2D eigenvalue weighted by Crippen LogP contribution is 2.28. The Morgan fingerprint density at radius 3 is 2.28 bits per heavy atom. The van der Waals surface area contributed by atoms with Crippen LogP contribution >= 0.6 is 0 Å². The van der Waals surface area contributed by atoms with E-state index in [0.717, 1.165) is 12.1 Å². The van der Waals surface area contributed by atoms with E-state index in [4.69, 9.17) is 0 Å². The molecule has 0 heterocycles. The van der Waals surface area contributed by atoms with Crippen LogP contribution in [0.4, 0.5) is 13.2 Å². The van der Waals surface area contributed by atoms with Crippen molar-refractivity contribution in [1.82, 2.24) is 9.73 Å². The predicted molar refractivity (Wildman–Crippen MR) is 103 cm³/mol. The average Bonchev–Trinajstić information content (AvgIpc) is 2.68. The van der Waals surface area contributed by atoms with Crippen LogP contribution in [0.3, 0.4) is 0 Å². The molecule has 0 aliphatic rings. The van der Waals surface area contributed by atoms with Gasteiger partial charge in [-0.3, -0.25) is 4.79 Å². The maximum atomic E-state index is 12.6. The molecule has 1 N–H and O–H groups in total. The summed E-state index contributed by atoms with van der Waals surface area (Å²) in [5.41, 5.74) is 1.88. The van der Waals surface area contributed by atoms with Crippen molar-refractivity contribution in [3.8, 4) is 0 Å². The first-order valence-electron chi connectivity index (χ1n) is 8.70. The molecule has 0 saturated heterocycles.